The second-order valence-electron chi connectivity index (χ2n) is 3.48. The van der Waals surface area contributed by atoms with Crippen LogP contribution in [0.1, 0.15) is 12.8 Å². The van der Waals surface area contributed by atoms with Crippen LogP contribution in [0.25, 0.3) is 0 Å². The van der Waals surface area contributed by atoms with E-state index < -0.39 is 52.7 Å². The van der Waals surface area contributed by atoms with Gasteiger partial charge in [0, 0.05) is 12.5 Å². The van der Waals surface area contributed by atoms with E-state index >= 15 is 0 Å². The van der Waals surface area contributed by atoms with Gasteiger partial charge in [-0.05, 0) is 0 Å². The maximum atomic E-state index is 13.4. The minimum absolute atomic E-state index is 0.375. The molecule has 0 aliphatic carbocycles. The molecule has 0 saturated heterocycles. The van der Waals surface area contributed by atoms with E-state index in [4.69, 9.17) is 5.11 Å². The molecule has 9 heteroatoms. The van der Waals surface area contributed by atoms with Crippen molar-refractivity contribution in [2.75, 3.05) is 5.32 Å². The first-order valence-electron chi connectivity index (χ1n) is 4.96. The number of benzene rings is 1. The molecule has 102 valence electrons. The lowest BCUT2D eigenvalue weighted by Crippen LogP contribution is -2.15. The molecule has 0 fully saturated rings. The van der Waals surface area contributed by atoms with Crippen LogP contribution in [0.2, 0.25) is 0 Å². The number of carboxylic acid groups (broad SMARTS) is 1. The largest absolute Gasteiger partial charge is 0.481 e. The van der Waals surface area contributed by atoms with E-state index in [1.807, 2.05) is 5.32 Å². The number of nitro groups is 1. The van der Waals surface area contributed by atoms with Gasteiger partial charge in [-0.15, -0.1) is 0 Å². The Morgan fingerprint density at radius 3 is 2.47 bits per heavy atom. The van der Waals surface area contributed by atoms with Crippen molar-refractivity contribution in [3.8, 4) is 0 Å². The molecule has 0 atom stereocenters. The van der Waals surface area contributed by atoms with Gasteiger partial charge in [0.2, 0.25) is 5.91 Å². The van der Waals surface area contributed by atoms with Gasteiger partial charge in [-0.25, -0.2) is 8.78 Å². The highest BCUT2D eigenvalue weighted by Gasteiger charge is 2.22. The number of carbonyl (C=O) groups is 2. The van der Waals surface area contributed by atoms with E-state index in [0.717, 1.165) is 0 Å². The lowest BCUT2D eigenvalue weighted by molar-refractivity contribution is -0.384. The fraction of sp³-hybridized carbons (Fsp3) is 0.200. The van der Waals surface area contributed by atoms with Crippen LogP contribution in [0.15, 0.2) is 12.1 Å². The molecule has 0 aromatic heterocycles. The first-order valence-corrected chi connectivity index (χ1v) is 4.96. The first kappa shape index (κ1) is 14.5. The van der Waals surface area contributed by atoms with Crippen molar-refractivity contribution in [2.45, 2.75) is 12.8 Å². The number of carbonyl (C=O) groups excluding carboxylic acids is 1. The summed E-state index contributed by atoms with van der Waals surface area (Å²) < 4.78 is 26.2. The summed E-state index contributed by atoms with van der Waals surface area (Å²) in [6.07, 6.45) is -0.994. The Labute approximate surface area is 105 Å². The Morgan fingerprint density at radius 1 is 1.32 bits per heavy atom. The zero-order valence-electron chi connectivity index (χ0n) is 9.35. The molecule has 0 bridgehead atoms. The van der Waals surface area contributed by atoms with Crippen LogP contribution in [0.3, 0.4) is 0 Å². The number of carboxylic acids is 1. The van der Waals surface area contributed by atoms with Crippen LogP contribution in [-0.4, -0.2) is 21.9 Å². The molecule has 0 saturated carbocycles. The third kappa shape index (κ3) is 3.98. The third-order valence-electron chi connectivity index (χ3n) is 2.06. The summed E-state index contributed by atoms with van der Waals surface area (Å²) >= 11 is 0. The Balaban J connectivity index is 2.97. The summed E-state index contributed by atoms with van der Waals surface area (Å²) in [5, 5.41) is 20.8. The fourth-order valence-corrected chi connectivity index (χ4v) is 1.25. The Bertz CT molecular complexity index is 547. The second kappa shape index (κ2) is 5.85. The molecule has 1 rings (SSSR count). The topological polar surface area (TPSA) is 110 Å². The van der Waals surface area contributed by atoms with Crippen molar-refractivity contribution in [1.29, 1.82) is 0 Å². The Hall–Kier alpha value is -2.58. The number of hydrogen-bond acceptors (Lipinski definition) is 4. The van der Waals surface area contributed by atoms with Crippen molar-refractivity contribution in [3.05, 3.63) is 33.9 Å². The number of aliphatic carboxylic acids is 1. The number of nitrogens with one attached hydrogen (secondary N) is 1. The smallest absolute Gasteiger partial charge is 0.303 e. The summed E-state index contributed by atoms with van der Waals surface area (Å²) in [7, 11) is 0. The van der Waals surface area contributed by atoms with Crippen molar-refractivity contribution < 1.29 is 28.4 Å². The van der Waals surface area contributed by atoms with Crippen molar-refractivity contribution in [1.82, 2.24) is 0 Å². The minimum atomic E-state index is -1.31. The van der Waals surface area contributed by atoms with Gasteiger partial charge in [-0.1, -0.05) is 0 Å². The standard InChI is InChI=1S/C10H8F2N2O5/c11-5-3-6(12)10(7(4-5)14(18)19)13-8(15)1-2-9(16)17/h3-4H,1-2H2,(H,13,15)(H,16,17). The van der Waals surface area contributed by atoms with Gasteiger partial charge in [-0.2, -0.15) is 0 Å². The molecule has 0 aliphatic heterocycles. The van der Waals surface area contributed by atoms with Crippen molar-refractivity contribution >= 4 is 23.3 Å². The number of halogens is 2. The molecule has 0 unspecified atom stereocenters. The highest BCUT2D eigenvalue weighted by Crippen LogP contribution is 2.28. The highest BCUT2D eigenvalue weighted by molar-refractivity contribution is 5.94. The number of nitrogens with zero attached hydrogens (tertiary/aromatic N) is 1. The molecule has 1 aromatic rings. The highest BCUT2D eigenvalue weighted by atomic mass is 19.1. The van der Waals surface area contributed by atoms with Crippen LogP contribution in [0.5, 0.6) is 0 Å². The quantitative estimate of drug-likeness (QED) is 0.627. The monoisotopic (exact) mass is 274 g/mol. The summed E-state index contributed by atoms with van der Waals surface area (Å²) in [6.45, 7) is 0. The zero-order valence-corrected chi connectivity index (χ0v) is 9.35. The molecule has 0 heterocycles. The summed E-state index contributed by atoms with van der Waals surface area (Å²) in [4.78, 5) is 31.0. The Kier molecular flexibility index (Phi) is 4.46. The van der Waals surface area contributed by atoms with Gasteiger partial charge in [0.1, 0.15) is 5.82 Å². The first-order chi connectivity index (χ1) is 8.81. The molecule has 7 nitrogen and oxygen atoms in total. The van der Waals surface area contributed by atoms with Gasteiger partial charge < -0.3 is 10.4 Å². The van der Waals surface area contributed by atoms with Crippen LogP contribution in [0.4, 0.5) is 20.2 Å². The molecule has 0 radical (unpaired) electrons. The van der Waals surface area contributed by atoms with Gasteiger partial charge in [0.15, 0.2) is 11.5 Å². The van der Waals surface area contributed by atoms with Gasteiger partial charge in [-0.3, -0.25) is 19.7 Å². The zero-order chi connectivity index (χ0) is 14.6. The molecule has 19 heavy (non-hydrogen) atoms. The van der Waals surface area contributed by atoms with Crippen molar-refractivity contribution in [3.63, 3.8) is 0 Å². The predicted molar refractivity (Wildman–Crippen MR) is 58.5 cm³/mol. The molecule has 2 N–H and O–H groups in total. The maximum Gasteiger partial charge on any atom is 0.303 e. The van der Waals surface area contributed by atoms with E-state index in [2.05, 4.69) is 0 Å². The molecule has 0 spiro atoms. The average molecular weight is 274 g/mol. The summed E-state index contributed by atoms with van der Waals surface area (Å²) in [6, 6.07) is 0.829. The average Bonchev–Trinajstić information content (AvgIpc) is 2.29. The number of anilines is 1. The van der Waals surface area contributed by atoms with Gasteiger partial charge >= 0.3 is 5.97 Å². The van der Waals surface area contributed by atoms with Gasteiger partial charge in [0.25, 0.3) is 5.69 Å². The van der Waals surface area contributed by atoms with Gasteiger partial charge in [0.05, 0.1) is 17.4 Å². The minimum Gasteiger partial charge on any atom is -0.481 e. The molecule has 0 aliphatic rings. The number of amides is 1. The van der Waals surface area contributed by atoms with Crippen LogP contribution in [0, 0.1) is 21.7 Å². The van der Waals surface area contributed by atoms with E-state index in [1.165, 1.54) is 0 Å². The summed E-state index contributed by atoms with van der Waals surface area (Å²) in [5.41, 5.74) is -1.73. The molecular weight excluding hydrogens is 266 g/mol. The molecule has 1 amide bonds. The summed E-state index contributed by atoms with van der Waals surface area (Å²) in [5.74, 6) is -4.64. The normalized spacial score (nSPS) is 10.0. The van der Waals surface area contributed by atoms with Crippen LogP contribution in [-0.2, 0) is 9.59 Å². The lowest BCUT2D eigenvalue weighted by atomic mass is 10.2. The maximum absolute atomic E-state index is 13.4. The fourth-order valence-electron chi connectivity index (χ4n) is 1.25. The Morgan fingerprint density at radius 2 is 1.95 bits per heavy atom. The van der Waals surface area contributed by atoms with Crippen LogP contribution < -0.4 is 5.32 Å². The molecule has 1 aromatic carbocycles. The lowest BCUT2D eigenvalue weighted by Gasteiger charge is -2.06. The molecular formula is C10H8F2N2O5. The van der Waals surface area contributed by atoms with E-state index in [1.54, 1.807) is 0 Å². The van der Waals surface area contributed by atoms with E-state index in [0.29, 0.717) is 12.1 Å². The SMILES string of the molecule is O=C(O)CCC(=O)Nc1c(F)cc(F)cc1[N+](=O)[O-]. The number of hydrogen-bond donors (Lipinski definition) is 2. The number of nitro benzene ring substituents is 1. The van der Waals surface area contributed by atoms with Crippen LogP contribution >= 0.6 is 0 Å². The number of rotatable bonds is 5. The van der Waals surface area contributed by atoms with E-state index in [-0.39, 0.29) is 0 Å². The third-order valence-corrected chi connectivity index (χ3v) is 2.06. The van der Waals surface area contributed by atoms with E-state index in [9.17, 15) is 28.5 Å². The second-order valence-corrected chi connectivity index (χ2v) is 3.48. The predicted octanol–water partition coefficient (Wildman–Crippen LogP) is 1.68. The van der Waals surface area contributed by atoms with Crippen molar-refractivity contribution in [2.24, 2.45) is 0 Å².